The Morgan fingerprint density at radius 2 is 1.69 bits per heavy atom. The van der Waals surface area contributed by atoms with Gasteiger partial charge in [0.05, 0.1) is 27.6 Å². The molecular formula is C24H19N5O2S. The second kappa shape index (κ2) is 8.05. The molecular weight excluding hydrogens is 422 g/mol. The lowest BCUT2D eigenvalue weighted by Crippen LogP contribution is -2.23. The van der Waals surface area contributed by atoms with Crippen molar-refractivity contribution in [3.63, 3.8) is 0 Å². The summed E-state index contributed by atoms with van der Waals surface area (Å²) in [5.74, 6) is 1.40. The predicted octanol–water partition coefficient (Wildman–Crippen LogP) is 3.93. The summed E-state index contributed by atoms with van der Waals surface area (Å²) in [5.41, 5.74) is 2.72. The van der Waals surface area contributed by atoms with Gasteiger partial charge in [-0.15, -0.1) is 0 Å². The zero-order chi connectivity index (χ0) is 22.2. The summed E-state index contributed by atoms with van der Waals surface area (Å²) < 4.78 is 1.53. The van der Waals surface area contributed by atoms with Crippen LogP contribution < -0.4 is 11.1 Å². The predicted molar refractivity (Wildman–Crippen MR) is 127 cm³/mol. The minimum atomic E-state index is -0.185. The summed E-state index contributed by atoms with van der Waals surface area (Å²) in [6.45, 7) is 3.83. The normalized spacial score (nSPS) is 11.3. The van der Waals surface area contributed by atoms with Gasteiger partial charge in [0.15, 0.2) is 5.16 Å². The first-order valence-corrected chi connectivity index (χ1v) is 11.1. The Morgan fingerprint density at radius 1 is 0.906 bits per heavy atom. The number of aryl methyl sites for hydroxylation is 2. The maximum atomic E-state index is 13.4. The van der Waals surface area contributed by atoms with Crippen LogP contribution >= 0.6 is 11.8 Å². The molecule has 0 saturated carbocycles. The lowest BCUT2D eigenvalue weighted by atomic mass is 10.1. The zero-order valence-corrected chi connectivity index (χ0v) is 18.3. The van der Waals surface area contributed by atoms with Crippen molar-refractivity contribution in [1.82, 2.24) is 24.5 Å². The maximum Gasteiger partial charge on any atom is 0.267 e. The Kier molecular flexibility index (Phi) is 5.07. The molecule has 0 fully saturated rings. The number of nitrogens with zero attached hydrogens (tertiary/aromatic N) is 4. The van der Waals surface area contributed by atoms with Gasteiger partial charge >= 0.3 is 0 Å². The van der Waals surface area contributed by atoms with Gasteiger partial charge < -0.3 is 4.98 Å². The zero-order valence-electron chi connectivity index (χ0n) is 17.5. The molecule has 0 aliphatic rings. The fourth-order valence-corrected chi connectivity index (χ4v) is 4.52. The van der Waals surface area contributed by atoms with Gasteiger partial charge in [-0.1, -0.05) is 42.1 Å². The summed E-state index contributed by atoms with van der Waals surface area (Å²) in [5, 5.41) is 1.57. The highest BCUT2D eigenvalue weighted by Gasteiger charge is 2.16. The number of aromatic nitrogens is 5. The van der Waals surface area contributed by atoms with Crippen LogP contribution in [0.25, 0.3) is 27.6 Å². The minimum Gasteiger partial charge on any atom is -0.309 e. The van der Waals surface area contributed by atoms with Gasteiger partial charge in [0.25, 0.3) is 11.1 Å². The van der Waals surface area contributed by atoms with Crippen molar-refractivity contribution in [3.8, 4) is 5.82 Å². The average Bonchev–Trinajstić information content (AvgIpc) is 2.79. The number of aromatic amines is 1. The van der Waals surface area contributed by atoms with E-state index in [1.807, 2.05) is 56.3 Å². The van der Waals surface area contributed by atoms with E-state index in [4.69, 9.17) is 4.98 Å². The monoisotopic (exact) mass is 441 g/mol. The van der Waals surface area contributed by atoms with Crippen LogP contribution in [0.3, 0.4) is 0 Å². The number of nitrogens with one attached hydrogen (secondary N) is 1. The Morgan fingerprint density at radius 3 is 2.53 bits per heavy atom. The number of thioether (sulfide) groups is 1. The Labute approximate surface area is 187 Å². The van der Waals surface area contributed by atoms with Crippen LogP contribution in [-0.2, 0) is 5.75 Å². The first-order valence-electron chi connectivity index (χ1n) is 10.1. The minimum absolute atomic E-state index is 0.182. The number of pyridine rings is 1. The van der Waals surface area contributed by atoms with E-state index < -0.39 is 0 Å². The highest BCUT2D eigenvalue weighted by atomic mass is 32.2. The van der Waals surface area contributed by atoms with Crippen LogP contribution in [0.1, 0.15) is 17.0 Å². The molecule has 0 atom stereocenters. The SMILES string of the molecule is Cc1cccnc1-n1c(SCc2nc3c(C)cccc3c(=O)[nH]2)nc2ccccc2c1=O. The Balaban J connectivity index is 1.63. The molecule has 0 unspecified atom stereocenters. The molecule has 8 heteroatoms. The quantitative estimate of drug-likeness (QED) is 0.336. The second-order valence-corrected chi connectivity index (χ2v) is 8.41. The third kappa shape index (κ3) is 3.48. The molecule has 0 aliphatic heterocycles. The van der Waals surface area contributed by atoms with Crippen LogP contribution in [0.2, 0.25) is 0 Å². The van der Waals surface area contributed by atoms with Crippen LogP contribution in [0.15, 0.2) is 75.5 Å². The largest absolute Gasteiger partial charge is 0.309 e. The summed E-state index contributed by atoms with van der Waals surface area (Å²) in [6, 6.07) is 16.5. The molecule has 7 nitrogen and oxygen atoms in total. The molecule has 0 spiro atoms. The highest BCUT2D eigenvalue weighted by molar-refractivity contribution is 7.98. The summed E-state index contributed by atoms with van der Waals surface area (Å²) in [4.78, 5) is 42.6. The van der Waals surface area contributed by atoms with Crippen LogP contribution in [-0.4, -0.2) is 24.5 Å². The lowest BCUT2D eigenvalue weighted by molar-refractivity contribution is 0.788. The molecule has 0 bridgehead atoms. The smallest absolute Gasteiger partial charge is 0.267 e. The van der Waals surface area contributed by atoms with Gasteiger partial charge in [-0.2, -0.15) is 0 Å². The molecule has 32 heavy (non-hydrogen) atoms. The average molecular weight is 442 g/mol. The van der Waals surface area contributed by atoms with Crippen molar-refractivity contribution >= 4 is 33.6 Å². The summed E-state index contributed by atoms with van der Waals surface area (Å²) in [6.07, 6.45) is 1.66. The number of H-pyrrole nitrogens is 1. The van der Waals surface area contributed by atoms with E-state index in [-0.39, 0.29) is 11.1 Å². The number of hydrogen-bond acceptors (Lipinski definition) is 6. The van der Waals surface area contributed by atoms with E-state index >= 15 is 0 Å². The van der Waals surface area contributed by atoms with Crippen LogP contribution in [0.4, 0.5) is 0 Å². The van der Waals surface area contributed by atoms with E-state index in [1.165, 1.54) is 16.3 Å². The van der Waals surface area contributed by atoms with E-state index in [0.29, 0.717) is 44.4 Å². The number of hydrogen-bond donors (Lipinski definition) is 1. The number of benzene rings is 2. The molecule has 0 aliphatic carbocycles. The molecule has 5 rings (SSSR count). The molecule has 2 aromatic carbocycles. The highest BCUT2D eigenvalue weighted by Crippen LogP contribution is 2.24. The second-order valence-electron chi connectivity index (χ2n) is 7.47. The van der Waals surface area contributed by atoms with E-state index in [0.717, 1.165) is 11.1 Å². The van der Waals surface area contributed by atoms with Gasteiger partial charge in [-0.3, -0.25) is 9.59 Å². The molecule has 0 amide bonds. The first kappa shape index (κ1) is 20.1. The van der Waals surface area contributed by atoms with E-state index in [2.05, 4.69) is 15.0 Å². The molecule has 0 saturated heterocycles. The maximum absolute atomic E-state index is 13.4. The molecule has 3 heterocycles. The van der Waals surface area contributed by atoms with Crippen LogP contribution in [0.5, 0.6) is 0 Å². The van der Waals surface area contributed by atoms with Gasteiger partial charge in [0, 0.05) is 6.20 Å². The molecule has 0 radical (unpaired) electrons. The summed E-state index contributed by atoms with van der Waals surface area (Å²) in [7, 11) is 0. The molecule has 1 N–H and O–H groups in total. The molecule has 3 aromatic heterocycles. The Hall–Kier alpha value is -3.78. The van der Waals surface area contributed by atoms with Gasteiger partial charge in [0.1, 0.15) is 11.6 Å². The van der Waals surface area contributed by atoms with Crippen LogP contribution in [0, 0.1) is 13.8 Å². The van der Waals surface area contributed by atoms with Crippen molar-refractivity contribution in [3.05, 3.63) is 98.5 Å². The van der Waals surface area contributed by atoms with Gasteiger partial charge in [-0.25, -0.2) is 19.5 Å². The molecule has 5 aromatic rings. The fraction of sp³-hybridized carbons (Fsp3) is 0.125. The molecule has 158 valence electrons. The first-order chi connectivity index (χ1) is 15.5. The van der Waals surface area contributed by atoms with Gasteiger partial charge in [0.2, 0.25) is 0 Å². The van der Waals surface area contributed by atoms with Crippen molar-refractivity contribution in [2.24, 2.45) is 0 Å². The third-order valence-electron chi connectivity index (χ3n) is 5.26. The Bertz CT molecular complexity index is 1610. The van der Waals surface area contributed by atoms with Crippen molar-refractivity contribution in [1.29, 1.82) is 0 Å². The van der Waals surface area contributed by atoms with Crippen molar-refractivity contribution < 1.29 is 0 Å². The number of rotatable bonds is 4. The van der Waals surface area contributed by atoms with Crippen molar-refractivity contribution in [2.75, 3.05) is 0 Å². The number of para-hydroxylation sites is 2. The lowest BCUT2D eigenvalue weighted by Gasteiger charge is -2.14. The van der Waals surface area contributed by atoms with E-state index in [1.54, 1.807) is 18.3 Å². The fourth-order valence-electron chi connectivity index (χ4n) is 3.66. The van der Waals surface area contributed by atoms with Crippen molar-refractivity contribution in [2.45, 2.75) is 24.8 Å². The third-order valence-corrected chi connectivity index (χ3v) is 6.21. The number of fused-ring (bicyclic) bond motifs is 2. The van der Waals surface area contributed by atoms with Gasteiger partial charge in [-0.05, 0) is 49.2 Å². The summed E-state index contributed by atoms with van der Waals surface area (Å²) >= 11 is 1.34. The topological polar surface area (TPSA) is 93.5 Å². The standard InChI is InChI=1S/C24H19N5O2S/c1-14-7-5-10-17-20(14)27-19(28-22(17)30)13-32-24-26-18-11-4-3-9-16(18)23(31)29(24)21-15(2)8-6-12-25-21/h3-12H,13H2,1-2H3,(H,27,28,30). The van der Waals surface area contributed by atoms with E-state index in [9.17, 15) is 9.59 Å².